The topological polar surface area (TPSA) is 43.6 Å². The average Bonchev–Trinajstić information content (AvgIpc) is 2.88. The van der Waals surface area contributed by atoms with Crippen molar-refractivity contribution >= 4 is 11.6 Å². The van der Waals surface area contributed by atoms with E-state index in [2.05, 4.69) is 26.9 Å². The third-order valence-corrected chi connectivity index (χ3v) is 2.87. The lowest BCUT2D eigenvalue weighted by molar-refractivity contribution is 0.619. The summed E-state index contributed by atoms with van der Waals surface area (Å²) in [6.07, 6.45) is 4.35. The van der Waals surface area contributed by atoms with E-state index >= 15 is 0 Å². The molecule has 0 fully saturated rings. The van der Waals surface area contributed by atoms with Crippen molar-refractivity contribution in [3.63, 3.8) is 0 Å². The van der Waals surface area contributed by atoms with Crippen LogP contribution in [0.15, 0.2) is 48.9 Å². The van der Waals surface area contributed by atoms with Crippen LogP contribution in [-0.4, -0.2) is 19.7 Å². The normalized spacial score (nSPS) is 10.0. The van der Waals surface area contributed by atoms with Gasteiger partial charge in [-0.2, -0.15) is 5.10 Å². The molecule has 0 aliphatic rings. The molecule has 0 saturated heterocycles. The summed E-state index contributed by atoms with van der Waals surface area (Å²) in [6.45, 7) is 0. The summed E-state index contributed by atoms with van der Waals surface area (Å²) in [5.74, 6) is 5.78. The molecule has 0 N–H and O–H groups in total. The van der Waals surface area contributed by atoms with Crippen molar-refractivity contribution in [1.29, 1.82) is 0 Å². The van der Waals surface area contributed by atoms with Crippen LogP contribution in [0.4, 0.5) is 4.39 Å². The molecule has 4 nitrogen and oxygen atoms in total. The Bertz CT molecular complexity index is 816. The summed E-state index contributed by atoms with van der Waals surface area (Å²) < 4.78 is 14.3. The standard InChI is InChI=1S/C15H8ClFN4/c16-13-10-21(15-7-4-11(17)9-19-15)20-14(13)6-5-12-3-1-2-8-18-12/h1-4,7-10H. The maximum Gasteiger partial charge on any atom is 0.154 e. The van der Waals surface area contributed by atoms with Gasteiger partial charge < -0.3 is 0 Å². The molecule has 3 aromatic rings. The molecule has 102 valence electrons. The summed E-state index contributed by atoms with van der Waals surface area (Å²) in [7, 11) is 0. The summed E-state index contributed by atoms with van der Waals surface area (Å²) in [5.41, 5.74) is 1.04. The fraction of sp³-hybridized carbons (Fsp3) is 0. The Labute approximate surface area is 125 Å². The van der Waals surface area contributed by atoms with Gasteiger partial charge in [0.1, 0.15) is 11.5 Å². The zero-order chi connectivity index (χ0) is 14.7. The Hall–Kier alpha value is -2.71. The lowest BCUT2D eigenvalue weighted by Crippen LogP contribution is -1.98. The molecule has 0 aromatic carbocycles. The van der Waals surface area contributed by atoms with Gasteiger partial charge in [-0.25, -0.2) is 19.0 Å². The largest absolute Gasteiger partial charge is 0.248 e. The second kappa shape index (κ2) is 5.73. The van der Waals surface area contributed by atoms with Gasteiger partial charge in [-0.15, -0.1) is 0 Å². The molecule has 3 heterocycles. The smallest absolute Gasteiger partial charge is 0.154 e. The van der Waals surface area contributed by atoms with Gasteiger partial charge in [0.05, 0.1) is 17.4 Å². The first-order chi connectivity index (χ1) is 10.2. The van der Waals surface area contributed by atoms with Crippen LogP contribution < -0.4 is 0 Å². The molecule has 0 spiro atoms. The Kier molecular flexibility index (Phi) is 3.63. The molecule has 6 heteroatoms. The second-order valence-electron chi connectivity index (χ2n) is 4.07. The van der Waals surface area contributed by atoms with Crippen LogP contribution in [0.1, 0.15) is 11.4 Å². The van der Waals surface area contributed by atoms with Crippen LogP contribution >= 0.6 is 11.6 Å². The van der Waals surface area contributed by atoms with E-state index in [4.69, 9.17) is 11.6 Å². The molecule has 0 saturated carbocycles. The second-order valence-corrected chi connectivity index (χ2v) is 4.48. The predicted octanol–water partition coefficient (Wildman–Crippen LogP) is 2.85. The minimum atomic E-state index is -0.410. The Balaban J connectivity index is 1.92. The molecule has 3 rings (SSSR count). The SMILES string of the molecule is Fc1ccc(-n2cc(Cl)c(C#Cc3ccccn3)n2)nc1. The number of pyridine rings is 2. The van der Waals surface area contributed by atoms with E-state index in [-0.39, 0.29) is 0 Å². The number of nitrogens with zero attached hydrogens (tertiary/aromatic N) is 4. The summed E-state index contributed by atoms with van der Waals surface area (Å²) in [4.78, 5) is 8.02. The van der Waals surface area contributed by atoms with Crippen LogP contribution in [0.5, 0.6) is 0 Å². The van der Waals surface area contributed by atoms with Gasteiger partial charge in [0.25, 0.3) is 0 Å². The van der Waals surface area contributed by atoms with Gasteiger partial charge in [-0.3, -0.25) is 0 Å². The van der Waals surface area contributed by atoms with Gasteiger partial charge in [-0.05, 0) is 36.1 Å². The van der Waals surface area contributed by atoms with Crippen molar-refractivity contribution < 1.29 is 4.39 Å². The number of aromatic nitrogens is 4. The van der Waals surface area contributed by atoms with E-state index in [1.165, 1.54) is 16.8 Å². The van der Waals surface area contributed by atoms with E-state index < -0.39 is 5.82 Å². The van der Waals surface area contributed by atoms with E-state index in [1.54, 1.807) is 18.5 Å². The molecular weight excluding hydrogens is 291 g/mol. The van der Waals surface area contributed by atoms with Crippen molar-refractivity contribution in [3.05, 3.63) is 71.2 Å². The molecule has 0 atom stereocenters. The Morgan fingerprint density at radius 2 is 2.00 bits per heavy atom. The van der Waals surface area contributed by atoms with Crippen LogP contribution in [0.2, 0.25) is 5.02 Å². The zero-order valence-electron chi connectivity index (χ0n) is 10.7. The van der Waals surface area contributed by atoms with Gasteiger partial charge in [-0.1, -0.05) is 17.7 Å². The maximum atomic E-state index is 12.8. The highest BCUT2D eigenvalue weighted by atomic mass is 35.5. The van der Waals surface area contributed by atoms with E-state index in [0.29, 0.717) is 22.2 Å². The van der Waals surface area contributed by atoms with Crippen molar-refractivity contribution in [2.75, 3.05) is 0 Å². The molecular formula is C15H8ClFN4. The van der Waals surface area contributed by atoms with Crippen LogP contribution in [-0.2, 0) is 0 Å². The predicted molar refractivity (Wildman–Crippen MR) is 76.5 cm³/mol. The first-order valence-corrected chi connectivity index (χ1v) is 6.40. The first-order valence-electron chi connectivity index (χ1n) is 6.02. The summed E-state index contributed by atoms with van der Waals surface area (Å²) >= 11 is 6.08. The van der Waals surface area contributed by atoms with Crippen molar-refractivity contribution in [1.82, 2.24) is 19.7 Å². The number of hydrogen-bond donors (Lipinski definition) is 0. The average molecular weight is 299 g/mol. The minimum Gasteiger partial charge on any atom is -0.248 e. The highest BCUT2D eigenvalue weighted by Gasteiger charge is 2.07. The van der Waals surface area contributed by atoms with E-state index in [9.17, 15) is 4.39 Å². The zero-order valence-corrected chi connectivity index (χ0v) is 11.4. The molecule has 0 amide bonds. The van der Waals surface area contributed by atoms with Gasteiger partial charge in [0.2, 0.25) is 0 Å². The Morgan fingerprint density at radius 1 is 1.10 bits per heavy atom. The lowest BCUT2D eigenvalue weighted by Gasteiger charge is -1.97. The number of hydrogen-bond acceptors (Lipinski definition) is 3. The first kappa shape index (κ1) is 13.3. The van der Waals surface area contributed by atoms with Crippen LogP contribution in [0, 0.1) is 17.7 Å². The minimum absolute atomic E-state index is 0.393. The molecule has 0 unspecified atom stereocenters. The molecule has 0 aliphatic heterocycles. The van der Waals surface area contributed by atoms with Gasteiger partial charge in [0, 0.05) is 6.20 Å². The molecule has 0 bridgehead atoms. The lowest BCUT2D eigenvalue weighted by atomic mass is 10.3. The molecule has 21 heavy (non-hydrogen) atoms. The quantitative estimate of drug-likeness (QED) is 0.649. The number of halogens is 2. The van der Waals surface area contributed by atoms with Crippen molar-refractivity contribution in [2.45, 2.75) is 0 Å². The van der Waals surface area contributed by atoms with Gasteiger partial charge >= 0.3 is 0 Å². The maximum absolute atomic E-state index is 12.8. The summed E-state index contributed by atoms with van der Waals surface area (Å²) in [6, 6.07) is 8.26. The highest BCUT2D eigenvalue weighted by molar-refractivity contribution is 6.31. The number of rotatable bonds is 1. The third-order valence-electron chi connectivity index (χ3n) is 2.59. The molecule has 0 aliphatic carbocycles. The third kappa shape index (κ3) is 3.07. The Morgan fingerprint density at radius 3 is 2.71 bits per heavy atom. The van der Waals surface area contributed by atoms with Gasteiger partial charge in [0.15, 0.2) is 11.5 Å². The van der Waals surface area contributed by atoms with E-state index in [0.717, 1.165) is 6.20 Å². The fourth-order valence-corrected chi connectivity index (χ4v) is 1.80. The molecule has 0 radical (unpaired) electrons. The van der Waals surface area contributed by atoms with Crippen LogP contribution in [0.25, 0.3) is 5.82 Å². The summed E-state index contributed by atoms with van der Waals surface area (Å²) in [5, 5.41) is 4.62. The van der Waals surface area contributed by atoms with Crippen molar-refractivity contribution in [3.8, 4) is 17.7 Å². The fourth-order valence-electron chi connectivity index (χ4n) is 1.62. The van der Waals surface area contributed by atoms with Crippen molar-refractivity contribution in [2.24, 2.45) is 0 Å². The van der Waals surface area contributed by atoms with E-state index in [1.807, 2.05) is 12.1 Å². The monoisotopic (exact) mass is 298 g/mol. The molecule has 3 aromatic heterocycles. The highest BCUT2D eigenvalue weighted by Crippen LogP contribution is 2.15. The van der Waals surface area contributed by atoms with Crippen LogP contribution in [0.3, 0.4) is 0 Å².